The molecule has 1 heterocycles. The molecular weight excluding hydrogens is 893 g/mol. The van der Waals surface area contributed by atoms with E-state index in [-0.39, 0.29) is 27.1 Å². The topological polar surface area (TPSA) is 8.17 Å². The van der Waals surface area contributed by atoms with Crippen molar-refractivity contribution < 1.29 is 0 Å². The molecule has 0 saturated carbocycles. The monoisotopic (exact) mass is 967 g/mol. The molecule has 0 fully saturated rings. The number of rotatable bonds is 6. The van der Waals surface area contributed by atoms with Crippen molar-refractivity contribution >= 4 is 71.2 Å². The van der Waals surface area contributed by atoms with Crippen LogP contribution in [0, 0.1) is 0 Å². The number of benzene rings is 10. The van der Waals surface area contributed by atoms with E-state index in [4.69, 9.17) is 0 Å². The fourth-order valence-corrected chi connectivity index (χ4v) is 11.3. The van der Waals surface area contributed by atoms with E-state index in [1.165, 1.54) is 116 Å². The van der Waals surface area contributed by atoms with Crippen molar-refractivity contribution in [1.82, 2.24) is 4.57 Å². The average molecular weight is 967 g/mol. The first-order chi connectivity index (χ1) is 34.8. The van der Waals surface area contributed by atoms with Crippen molar-refractivity contribution in [2.45, 2.75) is 131 Å². The van der Waals surface area contributed by atoms with Crippen LogP contribution in [0.1, 0.15) is 132 Å². The van der Waals surface area contributed by atoms with Crippen LogP contribution < -0.4 is 4.90 Å². The molecule has 0 bridgehead atoms. The minimum Gasteiger partial charge on any atom is -0.309 e. The van der Waals surface area contributed by atoms with Crippen LogP contribution in [0.4, 0.5) is 17.1 Å². The van der Waals surface area contributed by atoms with Gasteiger partial charge in [0.1, 0.15) is 0 Å². The lowest BCUT2D eigenvalue weighted by Crippen LogP contribution is -2.18. The number of aromatic nitrogens is 1. The summed E-state index contributed by atoms with van der Waals surface area (Å²) in [6, 6.07) is 67.9. The molecule has 0 atom stereocenters. The molecule has 11 aromatic rings. The molecule has 0 aliphatic rings. The van der Waals surface area contributed by atoms with Crippen molar-refractivity contribution in [2.75, 3.05) is 4.90 Å². The number of nitrogens with zero attached hydrogens (tertiary/aromatic N) is 2. The maximum absolute atomic E-state index is 2.57. The van der Waals surface area contributed by atoms with Gasteiger partial charge in [0.2, 0.25) is 0 Å². The number of hydrogen-bond acceptors (Lipinski definition) is 1. The molecule has 74 heavy (non-hydrogen) atoms. The Morgan fingerprint density at radius 1 is 0.311 bits per heavy atom. The van der Waals surface area contributed by atoms with Gasteiger partial charge >= 0.3 is 0 Å². The SMILES string of the molecule is CC(C)(C)c1cc(-c2ccc(C(C)(C)C)cc2N(c2ccc(-c3ccccc3)cc2)c2ccc3ccc4c(-n5c6ccc(C(C)(C)C)cc6c6cc(C(C)(C)C)ccc65)ccc5ccc2c3c54)cc(C(C)(C)C)c1. The summed E-state index contributed by atoms with van der Waals surface area (Å²) in [6.45, 7) is 34.9. The van der Waals surface area contributed by atoms with Gasteiger partial charge in [-0.2, -0.15) is 0 Å². The largest absolute Gasteiger partial charge is 0.309 e. The van der Waals surface area contributed by atoms with Gasteiger partial charge in [-0.25, -0.2) is 0 Å². The Morgan fingerprint density at radius 2 is 0.770 bits per heavy atom. The smallest absolute Gasteiger partial charge is 0.0543 e. The van der Waals surface area contributed by atoms with Crippen LogP contribution in [0.3, 0.4) is 0 Å². The van der Waals surface area contributed by atoms with E-state index in [9.17, 15) is 0 Å². The van der Waals surface area contributed by atoms with Gasteiger partial charge in [0.15, 0.2) is 0 Å². The average Bonchev–Trinajstić information content (AvgIpc) is 3.70. The van der Waals surface area contributed by atoms with Crippen LogP contribution in [-0.2, 0) is 27.1 Å². The van der Waals surface area contributed by atoms with Crippen molar-refractivity contribution in [3.63, 3.8) is 0 Å². The molecule has 1 aromatic heterocycles. The highest BCUT2D eigenvalue weighted by molar-refractivity contribution is 6.27. The zero-order valence-corrected chi connectivity index (χ0v) is 46.6. The first kappa shape index (κ1) is 49.1. The lowest BCUT2D eigenvalue weighted by molar-refractivity contribution is 0.569. The predicted octanol–water partition coefficient (Wildman–Crippen LogP) is 21.0. The van der Waals surface area contributed by atoms with Crippen LogP contribution in [0.25, 0.3) is 82.1 Å². The van der Waals surface area contributed by atoms with Gasteiger partial charge in [0, 0.05) is 32.8 Å². The maximum atomic E-state index is 2.57. The van der Waals surface area contributed by atoms with Crippen LogP contribution in [0.15, 0.2) is 176 Å². The van der Waals surface area contributed by atoms with Crippen LogP contribution in [0.5, 0.6) is 0 Å². The van der Waals surface area contributed by atoms with Gasteiger partial charge in [-0.15, -0.1) is 0 Å². The zero-order valence-electron chi connectivity index (χ0n) is 46.6. The summed E-state index contributed by atoms with van der Waals surface area (Å²) in [5.74, 6) is 0. The molecule has 0 unspecified atom stereocenters. The second kappa shape index (κ2) is 17.2. The minimum atomic E-state index is -0.0889. The molecule has 0 aliphatic heterocycles. The molecular formula is C72H74N2. The molecule has 0 spiro atoms. The fraction of sp³-hybridized carbons (Fsp3) is 0.278. The lowest BCUT2D eigenvalue weighted by Gasteiger charge is -2.32. The molecule has 0 saturated heterocycles. The molecule has 0 radical (unpaired) electrons. The normalized spacial score (nSPS) is 13.1. The third-order valence-electron chi connectivity index (χ3n) is 15.9. The van der Waals surface area contributed by atoms with E-state index in [1.54, 1.807) is 0 Å². The Kier molecular flexibility index (Phi) is 11.4. The fourth-order valence-electron chi connectivity index (χ4n) is 11.3. The van der Waals surface area contributed by atoms with Crippen LogP contribution >= 0.6 is 0 Å². The van der Waals surface area contributed by atoms with Gasteiger partial charge < -0.3 is 9.47 Å². The Balaban J connectivity index is 1.21. The Hall–Kier alpha value is -7.16. The first-order valence-electron chi connectivity index (χ1n) is 26.9. The molecule has 372 valence electrons. The summed E-state index contributed by atoms with van der Waals surface area (Å²) < 4.78 is 2.54. The maximum Gasteiger partial charge on any atom is 0.0543 e. The second-order valence-electron chi connectivity index (χ2n) is 26.4. The van der Waals surface area contributed by atoms with Crippen molar-refractivity contribution in [3.05, 3.63) is 204 Å². The van der Waals surface area contributed by atoms with Gasteiger partial charge in [-0.1, -0.05) is 225 Å². The summed E-state index contributed by atoms with van der Waals surface area (Å²) in [7, 11) is 0. The Morgan fingerprint density at radius 3 is 1.31 bits per heavy atom. The third-order valence-corrected chi connectivity index (χ3v) is 15.9. The zero-order chi connectivity index (χ0) is 52.4. The van der Waals surface area contributed by atoms with Crippen LogP contribution in [-0.4, -0.2) is 4.57 Å². The van der Waals surface area contributed by atoms with E-state index in [1.807, 2.05) is 0 Å². The third kappa shape index (κ3) is 8.55. The summed E-state index contributed by atoms with van der Waals surface area (Å²) in [6.07, 6.45) is 0. The molecule has 0 aliphatic carbocycles. The Labute approximate surface area is 441 Å². The van der Waals surface area contributed by atoms with Gasteiger partial charge in [0.25, 0.3) is 0 Å². The molecule has 2 heteroatoms. The van der Waals surface area contributed by atoms with Crippen molar-refractivity contribution in [1.29, 1.82) is 0 Å². The highest BCUT2D eigenvalue weighted by atomic mass is 15.1. The van der Waals surface area contributed by atoms with Crippen molar-refractivity contribution in [2.24, 2.45) is 0 Å². The number of hydrogen-bond donors (Lipinski definition) is 0. The first-order valence-corrected chi connectivity index (χ1v) is 26.9. The summed E-state index contributed by atoms with van der Waals surface area (Å²) in [5, 5.41) is 10.1. The summed E-state index contributed by atoms with van der Waals surface area (Å²) in [4.78, 5) is 2.57. The lowest BCUT2D eigenvalue weighted by atomic mass is 9.78. The minimum absolute atomic E-state index is 0.0213. The predicted molar refractivity (Wildman–Crippen MR) is 324 cm³/mol. The van der Waals surface area contributed by atoms with E-state index >= 15 is 0 Å². The summed E-state index contributed by atoms with van der Waals surface area (Å²) >= 11 is 0. The van der Waals surface area contributed by atoms with Gasteiger partial charge in [0.05, 0.1) is 28.1 Å². The molecule has 2 nitrogen and oxygen atoms in total. The number of fused-ring (bicyclic) bond motifs is 3. The van der Waals surface area contributed by atoms with E-state index < -0.39 is 0 Å². The van der Waals surface area contributed by atoms with Gasteiger partial charge in [-0.3, -0.25) is 0 Å². The van der Waals surface area contributed by atoms with Gasteiger partial charge in [-0.05, 0) is 148 Å². The van der Waals surface area contributed by atoms with E-state index in [0.29, 0.717) is 0 Å². The van der Waals surface area contributed by atoms with Crippen LogP contribution in [0.2, 0.25) is 0 Å². The summed E-state index contributed by atoms with van der Waals surface area (Å²) in [5.41, 5.74) is 18.5. The Bertz CT molecular complexity index is 3840. The quantitative estimate of drug-likeness (QED) is 0.151. The highest BCUT2D eigenvalue weighted by Crippen LogP contribution is 2.50. The van der Waals surface area contributed by atoms with E-state index in [2.05, 4.69) is 289 Å². The molecule has 10 aromatic carbocycles. The standard InChI is InChI=1S/C72H74N2/c1-68(2,3)50-28-37-63-59(42-50)60-43-51(69(4,5)6)29-38-64(60)74(63)62-36-26-48-23-32-57-61(35-25-47-24-33-58(62)67(48)66(47)57)73(55-30-21-46(22-31-55)45-19-17-16-18-20-45)65-44-52(70(7,8)9)27-34-56(65)49-39-53(71(10,11)12)41-54(40-49)72(13,14)15/h16-44H,1-15H3. The highest BCUT2D eigenvalue weighted by Gasteiger charge is 2.28. The number of anilines is 3. The van der Waals surface area contributed by atoms with Crippen molar-refractivity contribution in [3.8, 4) is 27.9 Å². The second-order valence-corrected chi connectivity index (χ2v) is 26.4. The molecule has 0 amide bonds. The molecule has 0 N–H and O–H groups in total. The molecule has 11 rings (SSSR count). The van der Waals surface area contributed by atoms with E-state index in [0.717, 1.165) is 11.4 Å².